The Morgan fingerprint density at radius 1 is 0.882 bits per heavy atom. The predicted molar refractivity (Wildman–Crippen MR) is 127 cm³/mol. The minimum atomic E-state index is -0.603. The predicted octanol–water partition coefficient (Wildman–Crippen LogP) is 3.93. The third kappa shape index (κ3) is 4.01. The summed E-state index contributed by atoms with van der Waals surface area (Å²) in [4.78, 5) is 39.5. The molecule has 1 amide bonds. The topological polar surface area (TPSA) is 86.2 Å². The minimum absolute atomic E-state index is 0.0171. The Morgan fingerprint density at radius 2 is 1.59 bits per heavy atom. The molecule has 0 aliphatic carbocycles. The first-order valence-electron chi connectivity index (χ1n) is 10.8. The lowest BCUT2D eigenvalue weighted by Crippen LogP contribution is -2.41. The number of para-hydroxylation sites is 1. The van der Waals surface area contributed by atoms with Crippen LogP contribution in [-0.2, 0) is 24.3 Å². The van der Waals surface area contributed by atoms with Crippen LogP contribution in [0.15, 0.2) is 92.9 Å². The summed E-state index contributed by atoms with van der Waals surface area (Å²) in [5.41, 5.74) is 0.961. The second-order valence-electron chi connectivity index (χ2n) is 7.89. The normalized spacial score (nSPS) is 11.2. The van der Waals surface area contributed by atoms with E-state index in [4.69, 9.17) is 4.42 Å². The van der Waals surface area contributed by atoms with Gasteiger partial charge in [0.15, 0.2) is 0 Å². The van der Waals surface area contributed by atoms with Crippen molar-refractivity contribution < 1.29 is 13.6 Å². The molecule has 3 aromatic carbocycles. The SMILES string of the molecule is O=C(Cn1c(=O)n(CCc2ccccc2)c(=O)c2oc3ccccc3c21)Nc1ccc(F)cc1. The van der Waals surface area contributed by atoms with Crippen molar-refractivity contribution in [3.8, 4) is 0 Å². The standard InChI is InChI=1S/C26H20FN3O4/c27-18-10-12-19(13-11-18)28-22(31)16-30-23-20-8-4-5-9-21(20)34-24(23)25(32)29(26(30)33)15-14-17-6-2-1-3-7-17/h1-13H,14-16H2,(H,28,31). The van der Waals surface area contributed by atoms with Gasteiger partial charge >= 0.3 is 5.69 Å². The lowest BCUT2D eigenvalue weighted by atomic mass is 10.1. The number of fused-ring (bicyclic) bond motifs is 3. The number of benzene rings is 3. The molecule has 1 N–H and O–H groups in total. The molecule has 0 bridgehead atoms. The van der Waals surface area contributed by atoms with E-state index in [2.05, 4.69) is 5.32 Å². The summed E-state index contributed by atoms with van der Waals surface area (Å²) in [6, 6.07) is 21.8. The van der Waals surface area contributed by atoms with Gasteiger partial charge in [0, 0.05) is 17.6 Å². The number of carbonyl (C=O) groups excluding carboxylic acids is 1. The molecule has 0 aliphatic heterocycles. The third-order valence-electron chi connectivity index (χ3n) is 5.64. The van der Waals surface area contributed by atoms with Gasteiger partial charge in [0.2, 0.25) is 11.5 Å². The molecule has 5 aromatic rings. The van der Waals surface area contributed by atoms with Gasteiger partial charge in [-0.15, -0.1) is 0 Å². The van der Waals surface area contributed by atoms with E-state index < -0.39 is 23.0 Å². The zero-order chi connectivity index (χ0) is 23.7. The van der Waals surface area contributed by atoms with Crippen LogP contribution in [0.3, 0.4) is 0 Å². The molecule has 0 aliphatic rings. The van der Waals surface area contributed by atoms with Gasteiger partial charge in [-0.3, -0.25) is 18.7 Å². The Hall–Kier alpha value is -4.46. The van der Waals surface area contributed by atoms with E-state index >= 15 is 0 Å². The number of nitrogens with one attached hydrogen (secondary N) is 1. The largest absolute Gasteiger partial charge is 0.449 e. The first kappa shape index (κ1) is 21.4. The van der Waals surface area contributed by atoms with Crippen LogP contribution in [0.25, 0.3) is 22.1 Å². The number of aryl methyl sites for hydroxylation is 1. The monoisotopic (exact) mass is 457 g/mol. The smallest absolute Gasteiger partial charge is 0.332 e. The molecule has 0 saturated heterocycles. The van der Waals surface area contributed by atoms with Crippen LogP contribution >= 0.6 is 0 Å². The molecule has 7 nitrogen and oxygen atoms in total. The van der Waals surface area contributed by atoms with Crippen molar-refractivity contribution in [2.75, 3.05) is 5.32 Å². The fraction of sp³-hybridized carbons (Fsp3) is 0.115. The Balaban J connectivity index is 1.59. The number of carbonyl (C=O) groups is 1. The summed E-state index contributed by atoms with van der Waals surface area (Å²) in [5.74, 6) is -0.917. The molecule has 0 unspecified atom stereocenters. The number of anilines is 1. The molecule has 5 rings (SSSR count). The lowest BCUT2D eigenvalue weighted by molar-refractivity contribution is -0.116. The molecule has 0 saturated carbocycles. The number of nitrogens with zero attached hydrogens (tertiary/aromatic N) is 2. The van der Waals surface area contributed by atoms with Gasteiger partial charge in [-0.05, 0) is 48.4 Å². The fourth-order valence-corrected chi connectivity index (χ4v) is 4.00. The highest BCUT2D eigenvalue weighted by molar-refractivity contribution is 6.03. The molecule has 170 valence electrons. The molecule has 34 heavy (non-hydrogen) atoms. The number of amides is 1. The van der Waals surface area contributed by atoms with Crippen molar-refractivity contribution in [1.29, 1.82) is 0 Å². The molecular weight excluding hydrogens is 437 g/mol. The van der Waals surface area contributed by atoms with Crippen molar-refractivity contribution in [2.24, 2.45) is 0 Å². The third-order valence-corrected chi connectivity index (χ3v) is 5.64. The second-order valence-corrected chi connectivity index (χ2v) is 7.89. The van der Waals surface area contributed by atoms with Gasteiger partial charge in [0.1, 0.15) is 23.5 Å². The summed E-state index contributed by atoms with van der Waals surface area (Å²) in [6.45, 7) is -0.212. The van der Waals surface area contributed by atoms with Crippen LogP contribution in [0.4, 0.5) is 10.1 Å². The first-order valence-corrected chi connectivity index (χ1v) is 10.8. The zero-order valence-corrected chi connectivity index (χ0v) is 18.0. The maximum atomic E-state index is 13.5. The van der Waals surface area contributed by atoms with Crippen molar-refractivity contribution in [1.82, 2.24) is 9.13 Å². The molecular formula is C26H20FN3O4. The van der Waals surface area contributed by atoms with E-state index in [-0.39, 0.29) is 24.2 Å². The highest BCUT2D eigenvalue weighted by atomic mass is 19.1. The van der Waals surface area contributed by atoms with E-state index in [1.54, 1.807) is 24.3 Å². The maximum absolute atomic E-state index is 13.5. The average Bonchev–Trinajstić information content (AvgIpc) is 3.24. The summed E-state index contributed by atoms with van der Waals surface area (Å²) in [6.07, 6.45) is 0.462. The molecule has 0 spiro atoms. The quantitative estimate of drug-likeness (QED) is 0.419. The lowest BCUT2D eigenvalue weighted by Gasteiger charge is -2.12. The molecule has 8 heteroatoms. The highest BCUT2D eigenvalue weighted by Crippen LogP contribution is 2.25. The summed E-state index contributed by atoms with van der Waals surface area (Å²) in [5, 5.41) is 3.22. The van der Waals surface area contributed by atoms with Gasteiger partial charge < -0.3 is 9.73 Å². The van der Waals surface area contributed by atoms with Crippen LogP contribution in [0, 0.1) is 5.82 Å². The Morgan fingerprint density at radius 3 is 2.35 bits per heavy atom. The molecule has 0 fully saturated rings. The summed E-state index contributed by atoms with van der Waals surface area (Å²) < 4.78 is 21.4. The molecule has 0 radical (unpaired) electrons. The van der Waals surface area contributed by atoms with Crippen LogP contribution in [0.5, 0.6) is 0 Å². The molecule has 2 aromatic heterocycles. The number of rotatable bonds is 6. The molecule has 0 atom stereocenters. The Labute approximate surface area is 192 Å². The number of aromatic nitrogens is 2. The van der Waals surface area contributed by atoms with Crippen molar-refractivity contribution in [3.63, 3.8) is 0 Å². The first-order chi connectivity index (χ1) is 16.5. The Bertz CT molecular complexity index is 1620. The Kier molecular flexibility index (Phi) is 5.55. The summed E-state index contributed by atoms with van der Waals surface area (Å²) >= 11 is 0. The number of halogens is 1. The second kappa shape index (κ2) is 8.82. The highest BCUT2D eigenvalue weighted by Gasteiger charge is 2.21. The fourth-order valence-electron chi connectivity index (χ4n) is 4.00. The van der Waals surface area contributed by atoms with E-state index in [0.717, 1.165) is 10.1 Å². The van der Waals surface area contributed by atoms with Crippen molar-refractivity contribution in [3.05, 3.63) is 111 Å². The maximum Gasteiger partial charge on any atom is 0.332 e. The van der Waals surface area contributed by atoms with E-state index in [9.17, 15) is 18.8 Å². The molecule has 2 heterocycles. The van der Waals surface area contributed by atoms with Crippen molar-refractivity contribution in [2.45, 2.75) is 19.5 Å². The summed E-state index contributed by atoms with van der Waals surface area (Å²) in [7, 11) is 0. The van der Waals surface area contributed by atoms with Gasteiger partial charge in [0.05, 0.1) is 0 Å². The van der Waals surface area contributed by atoms with Gasteiger partial charge in [0.25, 0.3) is 5.56 Å². The average molecular weight is 457 g/mol. The van der Waals surface area contributed by atoms with E-state index in [1.807, 2.05) is 30.3 Å². The number of furan rings is 1. The number of hydrogen-bond acceptors (Lipinski definition) is 4. The van der Waals surface area contributed by atoms with Crippen LogP contribution < -0.4 is 16.6 Å². The van der Waals surface area contributed by atoms with Crippen LogP contribution in [0.2, 0.25) is 0 Å². The van der Waals surface area contributed by atoms with E-state index in [1.165, 1.54) is 28.8 Å². The van der Waals surface area contributed by atoms with Crippen LogP contribution in [0.1, 0.15) is 5.56 Å². The number of hydrogen-bond donors (Lipinski definition) is 1. The van der Waals surface area contributed by atoms with E-state index in [0.29, 0.717) is 23.1 Å². The zero-order valence-electron chi connectivity index (χ0n) is 18.0. The minimum Gasteiger partial charge on any atom is -0.449 e. The van der Waals surface area contributed by atoms with Gasteiger partial charge in [-0.2, -0.15) is 0 Å². The van der Waals surface area contributed by atoms with Crippen molar-refractivity contribution >= 4 is 33.7 Å². The van der Waals surface area contributed by atoms with Gasteiger partial charge in [-0.1, -0.05) is 42.5 Å². The van der Waals surface area contributed by atoms with Gasteiger partial charge in [-0.25, -0.2) is 9.18 Å². The van der Waals surface area contributed by atoms with Crippen LogP contribution in [-0.4, -0.2) is 15.0 Å².